The molecule has 0 spiro atoms. The molecule has 0 amide bonds. The van der Waals surface area contributed by atoms with Crippen molar-refractivity contribution in [1.82, 2.24) is 10.2 Å². The van der Waals surface area contributed by atoms with Crippen LogP contribution < -0.4 is 5.32 Å². The quantitative estimate of drug-likeness (QED) is 0.669. The molecule has 72 valence electrons. The van der Waals surface area contributed by atoms with E-state index < -0.39 is 0 Å². The fourth-order valence-corrected chi connectivity index (χ4v) is 1.62. The van der Waals surface area contributed by atoms with Gasteiger partial charge in [0.2, 0.25) is 0 Å². The van der Waals surface area contributed by atoms with Crippen LogP contribution in [0.4, 0.5) is 0 Å². The molecular formula is C10H22N2. The van der Waals surface area contributed by atoms with Crippen molar-refractivity contribution in [3.8, 4) is 0 Å². The maximum absolute atomic E-state index is 3.54. The van der Waals surface area contributed by atoms with Gasteiger partial charge < -0.3 is 10.2 Å². The van der Waals surface area contributed by atoms with Crippen LogP contribution in [-0.2, 0) is 0 Å². The summed E-state index contributed by atoms with van der Waals surface area (Å²) < 4.78 is 0. The second kappa shape index (κ2) is 4.83. The third-order valence-corrected chi connectivity index (χ3v) is 2.67. The highest BCUT2D eigenvalue weighted by atomic mass is 15.2. The van der Waals surface area contributed by atoms with Gasteiger partial charge in [0.1, 0.15) is 0 Å². The molecule has 2 nitrogen and oxygen atoms in total. The van der Waals surface area contributed by atoms with E-state index in [0.29, 0.717) is 6.04 Å². The number of hydrogen-bond acceptors (Lipinski definition) is 2. The maximum atomic E-state index is 3.54. The molecule has 1 N–H and O–H groups in total. The molecular weight excluding hydrogens is 148 g/mol. The van der Waals surface area contributed by atoms with Crippen LogP contribution in [0.3, 0.4) is 0 Å². The van der Waals surface area contributed by atoms with Gasteiger partial charge in [-0.1, -0.05) is 20.8 Å². The minimum Gasteiger partial charge on any atom is -0.313 e. The largest absolute Gasteiger partial charge is 0.313 e. The predicted octanol–water partition coefficient (Wildman–Crippen LogP) is 1.33. The van der Waals surface area contributed by atoms with Gasteiger partial charge in [0.15, 0.2) is 0 Å². The first-order chi connectivity index (χ1) is 5.74. The molecule has 1 fully saturated rings. The van der Waals surface area contributed by atoms with Crippen molar-refractivity contribution in [2.45, 2.75) is 33.2 Å². The molecule has 1 rings (SSSR count). The van der Waals surface area contributed by atoms with Gasteiger partial charge in [-0.2, -0.15) is 0 Å². The number of nitrogens with zero attached hydrogens (tertiary/aromatic N) is 1. The topological polar surface area (TPSA) is 15.3 Å². The van der Waals surface area contributed by atoms with Crippen molar-refractivity contribution in [3.63, 3.8) is 0 Å². The van der Waals surface area contributed by atoms with E-state index in [1.165, 1.54) is 26.1 Å². The fourth-order valence-electron chi connectivity index (χ4n) is 1.62. The number of rotatable bonds is 5. The molecule has 0 saturated carbocycles. The highest BCUT2D eigenvalue weighted by Crippen LogP contribution is 2.10. The first-order valence-electron chi connectivity index (χ1n) is 5.19. The monoisotopic (exact) mass is 170 g/mol. The Morgan fingerprint density at radius 2 is 2.00 bits per heavy atom. The van der Waals surface area contributed by atoms with Gasteiger partial charge in [0.05, 0.1) is 0 Å². The van der Waals surface area contributed by atoms with E-state index in [4.69, 9.17) is 0 Å². The van der Waals surface area contributed by atoms with Gasteiger partial charge in [-0.3, -0.25) is 0 Å². The highest BCUT2D eigenvalue weighted by Gasteiger charge is 2.20. The van der Waals surface area contributed by atoms with E-state index in [2.05, 4.69) is 31.0 Å². The number of likely N-dealkylation sites (N-methyl/N-ethyl adjacent to an activating group) is 1. The molecule has 1 heterocycles. The van der Waals surface area contributed by atoms with Gasteiger partial charge in [-0.25, -0.2) is 0 Å². The zero-order valence-electron chi connectivity index (χ0n) is 8.64. The molecule has 1 atom stereocenters. The van der Waals surface area contributed by atoms with Crippen molar-refractivity contribution in [3.05, 3.63) is 0 Å². The summed E-state index contributed by atoms with van der Waals surface area (Å²) in [5, 5.41) is 3.54. The molecule has 1 aliphatic heterocycles. The summed E-state index contributed by atoms with van der Waals surface area (Å²) in [7, 11) is 0. The minimum atomic E-state index is 0.690. The van der Waals surface area contributed by atoms with Gasteiger partial charge in [-0.15, -0.1) is 0 Å². The zero-order chi connectivity index (χ0) is 8.97. The molecule has 0 aromatic carbocycles. The lowest BCUT2D eigenvalue weighted by atomic mass is 10.0. The minimum absolute atomic E-state index is 0.690. The standard InChI is InChI=1S/C10H22N2/c1-4-11-10(9(2)3)8-12-6-5-7-12/h9-11H,4-8H2,1-3H3. The molecule has 12 heavy (non-hydrogen) atoms. The second-order valence-electron chi connectivity index (χ2n) is 4.06. The number of nitrogens with one attached hydrogen (secondary N) is 1. The highest BCUT2D eigenvalue weighted by molar-refractivity contribution is 4.78. The molecule has 0 aliphatic carbocycles. The van der Waals surface area contributed by atoms with Crippen LogP contribution in [0, 0.1) is 5.92 Å². The zero-order valence-corrected chi connectivity index (χ0v) is 8.64. The average molecular weight is 170 g/mol. The molecule has 0 radical (unpaired) electrons. The van der Waals surface area contributed by atoms with Crippen molar-refractivity contribution in [1.29, 1.82) is 0 Å². The Hall–Kier alpha value is -0.0800. The lowest BCUT2D eigenvalue weighted by Gasteiger charge is -2.35. The Balaban J connectivity index is 2.21. The third kappa shape index (κ3) is 2.76. The van der Waals surface area contributed by atoms with Crippen LogP contribution in [0.1, 0.15) is 27.2 Å². The van der Waals surface area contributed by atoms with E-state index in [1.807, 2.05) is 0 Å². The molecule has 0 aromatic rings. The van der Waals surface area contributed by atoms with E-state index in [0.717, 1.165) is 12.5 Å². The van der Waals surface area contributed by atoms with E-state index in [-0.39, 0.29) is 0 Å². The van der Waals surface area contributed by atoms with Crippen LogP contribution in [0.15, 0.2) is 0 Å². The van der Waals surface area contributed by atoms with Crippen LogP contribution in [0.25, 0.3) is 0 Å². The molecule has 2 heteroatoms. The Labute approximate surface area is 76.3 Å². The summed E-state index contributed by atoms with van der Waals surface area (Å²) in [6.07, 6.45) is 1.40. The van der Waals surface area contributed by atoms with Gasteiger partial charge >= 0.3 is 0 Å². The van der Waals surface area contributed by atoms with Crippen molar-refractivity contribution < 1.29 is 0 Å². The average Bonchev–Trinajstić information content (AvgIpc) is 1.93. The molecule has 1 saturated heterocycles. The predicted molar refractivity (Wildman–Crippen MR) is 53.4 cm³/mol. The maximum Gasteiger partial charge on any atom is 0.0217 e. The van der Waals surface area contributed by atoms with Gasteiger partial charge in [0, 0.05) is 12.6 Å². The summed E-state index contributed by atoms with van der Waals surface area (Å²) in [6, 6.07) is 0.690. The first-order valence-corrected chi connectivity index (χ1v) is 5.19. The molecule has 0 bridgehead atoms. The summed E-state index contributed by atoms with van der Waals surface area (Å²) in [4.78, 5) is 2.54. The summed E-state index contributed by atoms with van der Waals surface area (Å²) >= 11 is 0. The Bertz CT molecular complexity index is 119. The van der Waals surface area contributed by atoms with Crippen molar-refractivity contribution in [2.24, 2.45) is 5.92 Å². The molecule has 1 unspecified atom stereocenters. The SMILES string of the molecule is CCNC(CN1CCC1)C(C)C. The van der Waals surface area contributed by atoms with Crippen LogP contribution in [0.5, 0.6) is 0 Å². The first kappa shape index (κ1) is 10.0. The van der Waals surface area contributed by atoms with Gasteiger partial charge in [0.25, 0.3) is 0 Å². The van der Waals surface area contributed by atoms with Crippen LogP contribution >= 0.6 is 0 Å². The van der Waals surface area contributed by atoms with Crippen LogP contribution in [-0.4, -0.2) is 37.1 Å². The summed E-state index contributed by atoms with van der Waals surface area (Å²) in [6.45, 7) is 11.7. The third-order valence-electron chi connectivity index (χ3n) is 2.67. The van der Waals surface area contributed by atoms with E-state index in [9.17, 15) is 0 Å². The molecule has 0 aromatic heterocycles. The Morgan fingerprint density at radius 1 is 1.33 bits per heavy atom. The fraction of sp³-hybridized carbons (Fsp3) is 1.00. The second-order valence-corrected chi connectivity index (χ2v) is 4.06. The van der Waals surface area contributed by atoms with Crippen LogP contribution in [0.2, 0.25) is 0 Å². The Morgan fingerprint density at radius 3 is 2.33 bits per heavy atom. The van der Waals surface area contributed by atoms with Crippen molar-refractivity contribution >= 4 is 0 Å². The Kier molecular flexibility index (Phi) is 4.02. The van der Waals surface area contributed by atoms with E-state index >= 15 is 0 Å². The number of hydrogen-bond donors (Lipinski definition) is 1. The van der Waals surface area contributed by atoms with E-state index in [1.54, 1.807) is 0 Å². The smallest absolute Gasteiger partial charge is 0.0217 e. The van der Waals surface area contributed by atoms with Gasteiger partial charge in [-0.05, 0) is 32.0 Å². The number of likely N-dealkylation sites (tertiary alicyclic amines) is 1. The summed E-state index contributed by atoms with van der Waals surface area (Å²) in [5.74, 6) is 0.755. The summed E-state index contributed by atoms with van der Waals surface area (Å²) in [5.41, 5.74) is 0. The lowest BCUT2D eigenvalue weighted by Crippen LogP contribution is -2.48. The molecule has 1 aliphatic rings. The lowest BCUT2D eigenvalue weighted by molar-refractivity contribution is 0.148. The normalized spacial score (nSPS) is 21.0. The van der Waals surface area contributed by atoms with Crippen molar-refractivity contribution in [2.75, 3.05) is 26.2 Å².